The van der Waals surface area contributed by atoms with Crippen molar-refractivity contribution in [3.63, 3.8) is 0 Å². The highest BCUT2D eigenvalue weighted by atomic mass is 16.4. The Morgan fingerprint density at radius 3 is 1.55 bits per heavy atom. The summed E-state index contributed by atoms with van der Waals surface area (Å²) in [4.78, 5) is 97.6. The number of nitrogens with two attached hydrogens (primary N) is 2. The lowest BCUT2D eigenvalue weighted by Crippen LogP contribution is -2.41. The molecule has 0 aliphatic carbocycles. The highest BCUT2D eigenvalue weighted by Crippen LogP contribution is 2.14. The molecule has 6 rings (SSSR count). The molecule has 1 amide bonds. The summed E-state index contributed by atoms with van der Waals surface area (Å²) in [6.07, 6.45) is 2.33. The highest BCUT2D eigenvalue weighted by molar-refractivity contribution is 5.97. The molecule has 0 saturated heterocycles. The predicted molar refractivity (Wildman–Crippen MR) is 195 cm³/mol. The molecule has 0 saturated carbocycles. The van der Waals surface area contributed by atoms with E-state index in [1.165, 1.54) is 36.7 Å². The number of carbonyl (C=O) groups excluding carboxylic acids is 1. The Morgan fingerprint density at radius 2 is 1.13 bits per heavy atom. The van der Waals surface area contributed by atoms with Gasteiger partial charge < -0.3 is 42.7 Å². The predicted octanol–water partition coefficient (Wildman–Crippen LogP) is 0.561. The topological polar surface area (TPSA) is 360 Å². The number of fused-ring (bicyclic) bond motifs is 2. The number of aliphatic carboxylic acids is 2. The minimum Gasteiger partial charge on any atom is -0.481 e. The van der Waals surface area contributed by atoms with E-state index in [9.17, 15) is 28.8 Å². The zero-order chi connectivity index (χ0) is 39.6. The summed E-state index contributed by atoms with van der Waals surface area (Å²) in [5, 5.41) is 35.1. The fourth-order valence-corrected chi connectivity index (χ4v) is 4.73. The van der Waals surface area contributed by atoms with E-state index < -0.39 is 41.0 Å². The molecule has 0 spiro atoms. The largest absolute Gasteiger partial charge is 0.481 e. The van der Waals surface area contributed by atoms with Crippen molar-refractivity contribution in [3.05, 3.63) is 104 Å². The first-order chi connectivity index (χ1) is 26.2. The van der Waals surface area contributed by atoms with Crippen LogP contribution in [-0.2, 0) is 22.7 Å². The van der Waals surface area contributed by atoms with Crippen LogP contribution in [-0.4, -0.2) is 85.0 Å². The van der Waals surface area contributed by atoms with Crippen LogP contribution < -0.4 is 38.5 Å². The van der Waals surface area contributed by atoms with Crippen molar-refractivity contribution in [1.29, 1.82) is 0 Å². The summed E-state index contributed by atoms with van der Waals surface area (Å²) < 4.78 is 0. The van der Waals surface area contributed by atoms with E-state index in [1.54, 1.807) is 24.3 Å². The number of carboxylic acids is 3. The lowest BCUT2D eigenvalue weighted by atomic mass is 10.1. The van der Waals surface area contributed by atoms with Gasteiger partial charge in [0.25, 0.3) is 17.0 Å². The maximum atomic E-state index is 12.3. The van der Waals surface area contributed by atoms with E-state index in [0.29, 0.717) is 23.6 Å². The minimum absolute atomic E-state index is 0.0128. The monoisotopic (exact) mass is 753 g/mol. The standard InChI is InChI=1S/C19H19N7O6.C14H12N6O3/c20-19-25-15-14(17(30)26-19)23-11(8-22-15)7-21-10-3-1-9(2-4-10)16(29)24-12(18(31)32)5-6-13(27)28;15-14-19-11-10(12(21)20-14)18-9(6-17-11)5-16-8-3-1-7(2-4-8)13(22)23/h1-4,8,12,21H,5-7H2,(H,24,29)(H,27,28)(H,31,32)(H3,20,22,25,26,30);1-4,6,16H,5H2,(H,22,23)(H3,15,17,19,20,21). The molecule has 1 unspecified atom stereocenters. The average Bonchev–Trinajstić information content (AvgIpc) is 3.15. The molecule has 0 radical (unpaired) electrons. The molecule has 0 aliphatic heterocycles. The van der Waals surface area contributed by atoms with E-state index in [-0.39, 0.29) is 64.7 Å². The molecular formula is C33H31N13O9. The number of amides is 1. The van der Waals surface area contributed by atoms with E-state index in [1.807, 2.05) is 0 Å². The SMILES string of the molecule is Nc1nc2ncc(CNc3ccc(C(=O)NC(CCC(=O)O)C(=O)O)cc3)nc2c(=O)[nH]1.Nc1nc2ncc(CNc3ccc(C(=O)O)cc3)nc2c(=O)[nH]1. The second-order valence-corrected chi connectivity index (χ2v) is 11.4. The number of carbonyl (C=O) groups is 4. The Bertz CT molecular complexity index is 2510. The molecule has 12 N–H and O–H groups in total. The third-order valence-corrected chi connectivity index (χ3v) is 7.45. The number of aromatic nitrogens is 8. The van der Waals surface area contributed by atoms with Crippen LogP contribution in [0.2, 0.25) is 0 Å². The number of hydrogen-bond donors (Lipinski definition) is 10. The van der Waals surface area contributed by atoms with E-state index >= 15 is 0 Å². The van der Waals surface area contributed by atoms with E-state index in [2.05, 4.69) is 55.8 Å². The first kappa shape index (κ1) is 38.2. The molecule has 22 nitrogen and oxygen atoms in total. The number of nitrogens with zero attached hydrogens (tertiary/aromatic N) is 6. The van der Waals surface area contributed by atoms with Gasteiger partial charge in [0.15, 0.2) is 22.3 Å². The van der Waals surface area contributed by atoms with Gasteiger partial charge in [-0.1, -0.05) is 0 Å². The van der Waals surface area contributed by atoms with Gasteiger partial charge in [-0.25, -0.2) is 29.5 Å². The van der Waals surface area contributed by atoms with Gasteiger partial charge in [-0.3, -0.25) is 29.1 Å². The quantitative estimate of drug-likeness (QED) is 0.0770. The summed E-state index contributed by atoms with van der Waals surface area (Å²) in [5.41, 5.74) is 13.2. The Balaban J connectivity index is 0.000000222. The van der Waals surface area contributed by atoms with E-state index in [4.69, 9.17) is 26.8 Å². The van der Waals surface area contributed by atoms with Crippen LogP contribution in [0.1, 0.15) is 44.9 Å². The number of benzene rings is 2. The van der Waals surface area contributed by atoms with Gasteiger partial charge in [-0.15, -0.1) is 0 Å². The Labute approximate surface area is 307 Å². The van der Waals surface area contributed by atoms with Crippen LogP contribution in [0.15, 0.2) is 70.5 Å². The molecule has 1 atom stereocenters. The average molecular weight is 754 g/mol. The van der Waals surface area contributed by atoms with Gasteiger partial charge >= 0.3 is 17.9 Å². The Kier molecular flexibility index (Phi) is 11.8. The first-order valence-corrected chi connectivity index (χ1v) is 15.9. The molecule has 0 bridgehead atoms. The normalized spacial score (nSPS) is 11.2. The number of nitrogen functional groups attached to an aromatic ring is 2. The van der Waals surface area contributed by atoms with Gasteiger partial charge in [-0.2, -0.15) is 9.97 Å². The molecule has 22 heteroatoms. The lowest BCUT2D eigenvalue weighted by Gasteiger charge is -2.14. The van der Waals surface area contributed by atoms with Gasteiger partial charge in [-0.05, 0) is 55.0 Å². The second-order valence-electron chi connectivity index (χ2n) is 11.4. The third kappa shape index (κ3) is 10.3. The van der Waals surface area contributed by atoms with Crippen LogP contribution in [0.25, 0.3) is 22.3 Å². The van der Waals surface area contributed by atoms with Gasteiger partial charge in [0.2, 0.25) is 11.9 Å². The van der Waals surface area contributed by atoms with Crippen LogP contribution >= 0.6 is 0 Å². The molecule has 2 aromatic carbocycles. The summed E-state index contributed by atoms with van der Waals surface area (Å²) in [6, 6.07) is 11.1. The molecule has 4 aromatic heterocycles. The fourth-order valence-electron chi connectivity index (χ4n) is 4.73. The number of aromatic amines is 2. The first-order valence-electron chi connectivity index (χ1n) is 15.9. The maximum Gasteiger partial charge on any atom is 0.335 e. The molecule has 55 heavy (non-hydrogen) atoms. The van der Waals surface area contributed by atoms with Crippen molar-refractivity contribution in [2.75, 3.05) is 22.1 Å². The number of nitrogens with one attached hydrogen (secondary N) is 5. The number of hydrogen-bond acceptors (Lipinski definition) is 16. The Hall–Kier alpha value is -8.04. The molecule has 6 aromatic rings. The summed E-state index contributed by atoms with van der Waals surface area (Å²) in [7, 11) is 0. The number of aromatic carboxylic acids is 1. The third-order valence-electron chi connectivity index (χ3n) is 7.45. The number of carboxylic acid groups (broad SMARTS) is 3. The van der Waals surface area contributed by atoms with Gasteiger partial charge in [0, 0.05) is 23.4 Å². The van der Waals surface area contributed by atoms with Crippen LogP contribution in [0.5, 0.6) is 0 Å². The molecular weight excluding hydrogens is 722 g/mol. The molecule has 0 aliphatic rings. The maximum absolute atomic E-state index is 12.3. The van der Waals surface area contributed by atoms with Crippen molar-refractivity contribution in [2.24, 2.45) is 0 Å². The van der Waals surface area contributed by atoms with E-state index in [0.717, 1.165) is 5.69 Å². The van der Waals surface area contributed by atoms with Crippen LogP contribution in [0, 0.1) is 0 Å². The second kappa shape index (κ2) is 17.0. The summed E-state index contributed by atoms with van der Waals surface area (Å²) >= 11 is 0. The van der Waals surface area contributed by atoms with Crippen molar-refractivity contribution >= 4 is 69.4 Å². The number of H-pyrrole nitrogens is 2. The number of anilines is 4. The van der Waals surface area contributed by atoms with Crippen molar-refractivity contribution in [3.8, 4) is 0 Å². The van der Waals surface area contributed by atoms with Gasteiger partial charge in [0.1, 0.15) is 6.04 Å². The molecule has 0 fully saturated rings. The molecule has 282 valence electrons. The van der Waals surface area contributed by atoms with Crippen LogP contribution in [0.3, 0.4) is 0 Å². The minimum atomic E-state index is -1.31. The zero-order valence-corrected chi connectivity index (χ0v) is 28.3. The van der Waals surface area contributed by atoms with Crippen LogP contribution in [0.4, 0.5) is 23.3 Å². The fraction of sp³-hybridized carbons (Fsp3) is 0.152. The zero-order valence-electron chi connectivity index (χ0n) is 28.3. The summed E-state index contributed by atoms with van der Waals surface area (Å²) in [6.45, 7) is 0.549. The van der Waals surface area contributed by atoms with Crippen molar-refractivity contribution in [2.45, 2.75) is 32.0 Å². The van der Waals surface area contributed by atoms with Crippen molar-refractivity contribution < 1.29 is 34.5 Å². The smallest absolute Gasteiger partial charge is 0.335 e. The number of rotatable bonds is 13. The Morgan fingerprint density at radius 1 is 0.673 bits per heavy atom. The summed E-state index contributed by atoms with van der Waals surface area (Å²) in [5.74, 6) is -4.15. The van der Waals surface area contributed by atoms with Crippen molar-refractivity contribution in [1.82, 2.24) is 45.2 Å². The molecule has 4 heterocycles. The van der Waals surface area contributed by atoms with Gasteiger partial charge in [0.05, 0.1) is 42.4 Å². The highest BCUT2D eigenvalue weighted by Gasteiger charge is 2.21. The lowest BCUT2D eigenvalue weighted by molar-refractivity contribution is -0.140.